The molecule has 0 atom stereocenters. The molecule has 2 aromatic rings. The molecule has 1 aromatic carbocycles. The SMILES string of the molecule is O=C(O)CCn1c(Cl)cc2ccc(O)cc21. The number of aromatic nitrogens is 1. The van der Waals surface area contributed by atoms with Crippen molar-refractivity contribution in [2.45, 2.75) is 13.0 Å². The zero-order chi connectivity index (χ0) is 11.7. The third-order valence-corrected chi connectivity index (χ3v) is 2.70. The van der Waals surface area contributed by atoms with E-state index in [2.05, 4.69) is 0 Å². The molecule has 16 heavy (non-hydrogen) atoms. The molecule has 5 heteroatoms. The summed E-state index contributed by atoms with van der Waals surface area (Å²) in [6, 6.07) is 6.63. The Kier molecular flexibility index (Phi) is 2.75. The number of carbonyl (C=O) groups is 1. The van der Waals surface area contributed by atoms with E-state index >= 15 is 0 Å². The van der Waals surface area contributed by atoms with Crippen molar-refractivity contribution in [1.29, 1.82) is 0 Å². The number of hydrogen-bond donors (Lipinski definition) is 2. The normalized spacial score (nSPS) is 10.8. The zero-order valence-electron chi connectivity index (χ0n) is 8.35. The smallest absolute Gasteiger partial charge is 0.305 e. The Morgan fingerprint density at radius 3 is 2.81 bits per heavy atom. The van der Waals surface area contributed by atoms with Crippen LogP contribution < -0.4 is 0 Å². The predicted molar refractivity (Wildman–Crippen MR) is 60.9 cm³/mol. The zero-order valence-corrected chi connectivity index (χ0v) is 9.11. The minimum atomic E-state index is -0.877. The van der Waals surface area contributed by atoms with Crippen molar-refractivity contribution in [3.63, 3.8) is 0 Å². The number of benzene rings is 1. The molecule has 0 aliphatic carbocycles. The van der Waals surface area contributed by atoms with Crippen LogP contribution in [0.15, 0.2) is 24.3 Å². The third kappa shape index (κ3) is 1.97. The van der Waals surface area contributed by atoms with Crippen molar-refractivity contribution in [1.82, 2.24) is 4.57 Å². The Bertz CT molecular complexity index is 547. The summed E-state index contributed by atoms with van der Waals surface area (Å²) in [6.45, 7) is 0.293. The molecule has 1 heterocycles. The number of fused-ring (bicyclic) bond motifs is 1. The van der Waals surface area contributed by atoms with Crippen molar-refractivity contribution < 1.29 is 15.0 Å². The lowest BCUT2D eigenvalue weighted by Gasteiger charge is -2.04. The Morgan fingerprint density at radius 2 is 2.12 bits per heavy atom. The van der Waals surface area contributed by atoms with Crippen LogP contribution in [0.5, 0.6) is 5.75 Å². The van der Waals surface area contributed by atoms with E-state index in [1.54, 1.807) is 28.8 Å². The van der Waals surface area contributed by atoms with Gasteiger partial charge >= 0.3 is 5.97 Å². The summed E-state index contributed by atoms with van der Waals surface area (Å²) in [5, 5.41) is 19.3. The van der Waals surface area contributed by atoms with Gasteiger partial charge in [0.1, 0.15) is 10.9 Å². The van der Waals surface area contributed by atoms with Gasteiger partial charge in [-0.2, -0.15) is 0 Å². The molecule has 0 radical (unpaired) electrons. The van der Waals surface area contributed by atoms with E-state index in [-0.39, 0.29) is 12.2 Å². The number of aryl methyl sites for hydroxylation is 1. The van der Waals surface area contributed by atoms with Crippen LogP contribution in [-0.2, 0) is 11.3 Å². The molecule has 0 unspecified atom stereocenters. The highest BCUT2D eigenvalue weighted by atomic mass is 35.5. The lowest BCUT2D eigenvalue weighted by molar-refractivity contribution is -0.137. The van der Waals surface area contributed by atoms with Gasteiger partial charge in [-0.3, -0.25) is 4.79 Å². The first-order chi connectivity index (χ1) is 7.58. The Morgan fingerprint density at radius 1 is 1.38 bits per heavy atom. The number of carboxylic acids is 1. The molecule has 0 fully saturated rings. The fraction of sp³-hybridized carbons (Fsp3) is 0.182. The molecule has 4 nitrogen and oxygen atoms in total. The summed E-state index contributed by atoms with van der Waals surface area (Å²) in [7, 11) is 0. The van der Waals surface area contributed by atoms with Crippen LogP contribution in [0.25, 0.3) is 10.9 Å². The molecule has 0 aliphatic heterocycles. The number of aliphatic carboxylic acids is 1. The van der Waals surface area contributed by atoms with Crippen LogP contribution in [0.1, 0.15) is 6.42 Å². The van der Waals surface area contributed by atoms with Gasteiger partial charge in [0, 0.05) is 18.0 Å². The summed E-state index contributed by atoms with van der Waals surface area (Å²) in [5.41, 5.74) is 0.742. The van der Waals surface area contributed by atoms with Crippen molar-refractivity contribution in [3.05, 3.63) is 29.4 Å². The summed E-state index contributed by atoms with van der Waals surface area (Å²) in [5.74, 6) is -0.739. The van der Waals surface area contributed by atoms with Crippen LogP contribution in [0.2, 0.25) is 5.15 Å². The summed E-state index contributed by atoms with van der Waals surface area (Å²) < 4.78 is 1.67. The molecule has 0 saturated heterocycles. The van der Waals surface area contributed by atoms with E-state index in [9.17, 15) is 9.90 Å². The van der Waals surface area contributed by atoms with Gasteiger partial charge in [-0.15, -0.1) is 0 Å². The minimum Gasteiger partial charge on any atom is -0.508 e. The molecule has 84 valence electrons. The van der Waals surface area contributed by atoms with Crippen LogP contribution >= 0.6 is 11.6 Å². The first kappa shape index (κ1) is 10.8. The van der Waals surface area contributed by atoms with E-state index in [0.717, 1.165) is 10.9 Å². The van der Waals surface area contributed by atoms with Gasteiger partial charge in [0.25, 0.3) is 0 Å². The highest BCUT2D eigenvalue weighted by molar-refractivity contribution is 6.31. The molecular formula is C11H10ClNO3. The number of phenols is 1. The molecular weight excluding hydrogens is 230 g/mol. The van der Waals surface area contributed by atoms with Gasteiger partial charge < -0.3 is 14.8 Å². The Labute approximate surface area is 96.7 Å². The summed E-state index contributed by atoms with van der Waals surface area (Å²) in [4.78, 5) is 10.5. The average Bonchev–Trinajstić information content (AvgIpc) is 2.51. The number of rotatable bonds is 3. The quantitative estimate of drug-likeness (QED) is 0.865. The topological polar surface area (TPSA) is 62.5 Å². The molecule has 0 saturated carbocycles. The maximum absolute atomic E-state index is 10.5. The number of aromatic hydroxyl groups is 1. The van der Waals surface area contributed by atoms with Gasteiger partial charge in [0.15, 0.2) is 0 Å². The third-order valence-electron chi connectivity index (χ3n) is 2.39. The maximum atomic E-state index is 10.5. The molecule has 0 amide bonds. The van der Waals surface area contributed by atoms with E-state index < -0.39 is 5.97 Å². The molecule has 2 N–H and O–H groups in total. The van der Waals surface area contributed by atoms with Gasteiger partial charge in [-0.1, -0.05) is 11.6 Å². The predicted octanol–water partition coefficient (Wildman–Crippen LogP) is 2.48. The first-order valence-electron chi connectivity index (χ1n) is 4.77. The van der Waals surface area contributed by atoms with Gasteiger partial charge in [-0.25, -0.2) is 0 Å². The average molecular weight is 240 g/mol. The number of phenolic OH excluding ortho intramolecular Hbond substituents is 1. The minimum absolute atomic E-state index is 0.000837. The van der Waals surface area contributed by atoms with Crippen LogP contribution in [0, 0.1) is 0 Å². The number of hydrogen-bond acceptors (Lipinski definition) is 2. The Balaban J connectivity index is 2.45. The standard InChI is InChI=1S/C11H10ClNO3/c12-10-5-7-1-2-8(14)6-9(7)13(10)4-3-11(15)16/h1-2,5-6,14H,3-4H2,(H,15,16). The number of halogens is 1. The number of carboxylic acid groups (broad SMARTS) is 1. The second-order valence-electron chi connectivity index (χ2n) is 3.51. The van der Waals surface area contributed by atoms with E-state index in [1.807, 2.05) is 0 Å². The van der Waals surface area contributed by atoms with Crippen molar-refractivity contribution in [2.75, 3.05) is 0 Å². The molecule has 0 bridgehead atoms. The second kappa shape index (κ2) is 4.06. The highest BCUT2D eigenvalue weighted by Gasteiger charge is 2.08. The fourth-order valence-electron chi connectivity index (χ4n) is 1.64. The lowest BCUT2D eigenvalue weighted by Crippen LogP contribution is -2.04. The summed E-state index contributed by atoms with van der Waals surface area (Å²) >= 11 is 5.99. The maximum Gasteiger partial charge on any atom is 0.305 e. The van der Waals surface area contributed by atoms with Gasteiger partial charge in [0.2, 0.25) is 0 Å². The molecule has 0 aliphatic rings. The van der Waals surface area contributed by atoms with Crippen molar-refractivity contribution >= 4 is 28.5 Å². The highest BCUT2D eigenvalue weighted by Crippen LogP contribution is 2.26. The monoisotopic (exact) mass is 239 g/mol. The molecule has 2 rings (SSSR count). The van der Waals surface area contributed by atoms with Crippen LogP contribution in [0.3, 0.4) is 0 Å². The number of nitrogens with zero attached hydrogens (tertiary/aromatic N) is 1. The molecule has 0 spiro atoms. The van der Waals surface area contributed by atoms with E-state index in [0.29, 0.717) is 11.7 Å². The lowest BCUT2D eigenvalue weighted by atomic mass is 10.2. The second-order valence-corrected chi connectivity index (χ2v) is 3.89. The Hall–Kier alpha value is -1.68. The van der Waals surface area contributed by atoms with Gasteiger partial charge in [-0.05, 0) is 18.2 Å². The van der Waals surface area contributed by atoms with Crippen LogP contribution in [-0.4, -0.2) is 20.7 Å². The van der Waals surface area contributed by atoms with Crippen molar-refractivity contribution in [2.24, 2.45) is 0 Å². The van der Waals surface area contributed by atoms with Gasteiger partial charge in [0.05, 0.1) is 11.9 Å². The summed E-state index contributed by atoms with van der Waals surface area (Å²) in [6.07, 6.45) is -0.000837. The fourth-order valence-corrected chi connectivity index (χ4v) is 1.94. The largest absolute Gasteiger partial charge is 0.508 e. The van der Waals surface area contributed by atoms with E-state index in [4.69, 9.17) is 16.7 Å². The van der Waals surface area contributed by atoms with E-state index in [1.165, 1.54) is 0 Å². The van der Waals surface area contributed by atoms with Crippen molar-refractivity contribution in [3.8, 4) is 5.75 Å². The molecule has 1 aromatic heterocycles. The first-order valence-corrected chi connectivity index (χ1v) is 5.15. The van der Waals surface area contributed by atoms with Crippen LogP contribution in [0.4, 0.5) is 0 Å².